The topological polar surface area (TPSA) is 44.5 Å². The minimum atomic E-state index is 0.207. The standard InChI is InChI=1S/C8H13NO2/c9-4-3-7-5-1-2-6(10-7)8(4)11-5/h4-8H,1-3,9H2. The molecule has 0 amide bonds. The van der Waals surface area contributed by atoms with E-state index in [2.05, 4.69) is 0 Å². The maximum atomic E-state index is 5.90. The zero-order valence-corrected chi connectivity index (χ0v) is 6.40. The second-order valence-corrected chi connectivity index (χ2v) is 3.83. The fraction of sp³-hybridized carbons (Fsp3) is 1.00. The predicted molar refractivity (Wildman–Crippen MR) is 39.1 cm³/mol. The van der Waals surface area contributed by atoms with E-state index in [1.807, 2.05) is 0 Å². The van der Waals surface area contributed by atoms with Crippen molar-refractivity contribution in [2.24, 2.45) is 5.73 Å². The Morgan fingerprint density at radius 2 is 1.82 bits per heavy atom. The molecule has 0 saturated carbocycles. The largest absolute Gasteiger partial charge is 0.369 e. The van der Waals surface area contributed by atoms with Gasteiger partial charge >= 0.3 is 0 Å². The van der Waals surface area contributed by atoms with E-state index in [0.717, 1.165) is 12.8 Å². The Hall–Kier alpha value is -0.120. The SMILES string of the molecule is NC1CC2OC3CCC2OC13. The van der Waals surface area contributed by atoms with Crippen LogP contribution in [0.2, 0.25) is 0 Å². The molecule has 5 saturated heterocycles. The third-order valence-corrected chi connectivity index (χ3v) is 3.12. The van der Waals surface area contributed by atoms with Crippen LogP contribution in [0.5, 0.6) is 0 Å². The summed E-state index contributed by atoms with van der Waals surface area (Å²) in [6, 6.07) is 0.232. The van der Waals surface area contributed by atoms with Crippen LogP contribution in [-0.4, -0.2) is 30.5 Å². The van der Waals surface area contributed by atoms with Gasteiger partial charge in [-0.15, -0.1) is 0 Å². The second-order valence-electron chi connectivity index (χ2n) is 3.83. The Kier molecular flexibility index (Phi) is 1.15. The van der Waals surface area contributed by atoms with Crippen molar-refractivity contribution in [3.63, 3.8) is 0 Å². The van der Waals surface area contributed by atoms with Gasteiger partial charge in [0.15, 0.2) is 0 Å². The monoisotopic (exact) mass is 155 g/mol. The van der Waals surface area contributed by atoms with Crippen molar-refractivity contribution < 1.29 is 9.47 Å². The molecule has 11 heavy (non-hydrogen) atoms. The summed E-state index contributed by atoms with van der Waals surface area (Å²) < 4.78 is 11.5. The van der Waals surface area contributed by atoms with Crippen molar-refractivity contribution in [1.29, 1.82) is 0 Å². The highest BCUT2D eigenvalue weighted by atomic mass is 16.6. The number of nitrogens with two attached hydrogens (primary N) is 1. The first-order valence-corrected chi connectivity index (χ1v) is 4.41. The van der Waals surface area contributed by atoms with Crippen molar-refractivity contribution in [2.75, 3.05) is 0 Å². The lowest BCUT2D eigenvalue weighted by Crippen LogP contribution is -2.66. The molecule has 0 aromatic heterocycles. The van der Waals surface area contributed by atoms with Crippen LogP contribution in [0.4, 0.5) is 0 Å². The molecule has 5 aliphatic rings. The number of fused-ring (bicyclic) bond motifs is 2. The molecule has 5 rings (SSSR count). The van der Waals surface area contributed by atoms with Crippen LogP contribution in [0.15, 0.2) is 0 Å². The van der Waals surface area contributed by atoms with E-state index in [4.69, 9.17) is 15.2 Å². The molecule has 62 valence electrons. The van der Waals surface area contributed by atoms with Crippen LogP contribution in [0, 0.1) is 0 Å². The van der Waals surface area contributed by atoms with Crippen LogP contribution >= 0.6 is 0 Å². The minimum Gasteiger partial charge on any atom is -0.369 e. The van der Waals surface area contributed by atoms with E-state index < -0.39 is 0 Å². The third kappa shape index (κ3) is 0.736. The number of hydrogen-bond acceptors (Lipinski definition) is 3. The fourth-order valence-electron chi connectivity index (χ4n) is 2.57. The summed E-state index contributed by atoms with van der Waals surface area (Å²) in [4.78, 5) is 0. The maximum Gasteiger partial charge on any atom is 0.0993 e. The number of hydrogen-bond donors (Lipinski definition) is 1. The minimum absolute atomic E-state index is 0.207. The zero-order valence-electron chi connectivity index (χ0n) is 6.40. The molecule has 3 nitrogen and oxygen atoms in total. The smallest absolute Gasteiger partial charge is 0.0993 e. The van der Waals surface area contributed by atoms with Crippen molar-refractivity contribution >= 4 is 0 Å². The molecule has 4 bridgehead atoms. The highest BCUT2D eigenvalue weighted by Crippen LogP contribution is 2.40. The summed E-state index contributed by atoms with van der Waals surface area (Å²) in [6.45, 7) is 0. The van der Waals surface area contributed by atoms with E-state index in [1.165, 1.54) is 6.42 Å². The molecular weight excluding hydrogens is 142 g/mol. The van der Waals surface area contributed by atoms with Crippen molar-refractivity contribution in [3.05, 3.63) is 0 Å². The molecule has 0 aromatic carbocycles. The zero-order chi connectivity index (χ0) is 7.42. The number of ether oxygens (including phenoxy) is 2. The molecule has 5 atom stereocenters. The van der Waals surface area contributed by atoms with E-state index >= 15 is 0 Å². The first kappa shape index (κ1) is 6.40. The van der Waals surface area contributed by atoms with Gasteiger partial charge in [-0.1, -0.05) is 0 Å². The Balaban J connectivity index is 1.93. The quantitative estimate of drug-likeness (QED) is 0.537. The lowest BCUT2D eigenvalue weighted by atomic mass is 9.81. The van der Waals surface area contributed by atoms with Crippen molar-refractivity contribution in [1.82, 2.24) is 0 Å². The molecule has 5 aliphatic heterocycles. The fourth-order valence-corrected chi connectivity index (χ4v) is 2.57. The summed E-state index contributed by atoms with van der Waals surface area (Å²) >= 11 is 0. The molecule has 0 aliphatic carbocycles. The lowest BCUT2D eigenvalue weighted by molar-refractivity contribution is -0.291. The molecule has 5 unspecified atom stereocenters. The van der Waals surface area contributed by atoms with Crippen LogP contribution < -0.4 is 5.73 Å². The molecule has 2 N–H and O–H groups in total. The molecule has 5 fully saturated rings. The molecule has 5 heterocycles. The highest BCUT2D eigenvalue weighted by molar-refractivity contribution is 5.01. The lowest BCUT2D eigenvalue weighted by Gasteiger charge is -2.54. The van der Waals surface area contributed by atoms with Gasteiger partial charge in [-0.2, -0.15) is 0 Å². The summed E-state index contributed by atoms with van der Waals surface area (Å²) in [7, 11) is 0. The molecule has 0 radical (unpaired) electrons. The summed E-state index contributed by atoms with van der Waals surface area (Å²) in [6.07, 6.45) is 4.54. The van der Waals surface area contributed by atoms with Gasteiger partial charge in [0.1, 0.15) is 0 Å². The van der Waals surface area contributed by atoms with E-state index in [1.54, 1.807) is 0 Å². The maximum absolute atomic E-state index is 5.90. The van der Waals surface area contributed by atoms with Gasteiger partial charge in [0.05, 0.1) is 24.4 Å². The first-order valence-electron chi connectivity index (χ1n) is 4.41. The molecule has 3 heteroatoms. The van der Waals surface area contributed by atoms with Crippen molar-refractivity contribution in [3.8, 4) is 0 Å². The highest BCUT2D eigenvalue weighted by Gasteiger charge is 2.51. The van der Waals surface area contributed by atoms with Gasteiger partial charge in [0, 0.05) is 6.04 Å². The Morgan fingerprint density at radius 3 is 2.36 bits per heavy atom. The average molecular weight is 155 g/mol. The Morgan fingerprint density at radius 1 is 1.00 bits per heavy atom. The summed E-state index contributed by atoms with van der Waals surface area (Å²) in [5.74, 6) is 0. The van der Waals surface area contributed by atoms with Crippen LogP contribution in [0.1, 0.15) is 19.3 Å². The van der Waals surface area contributed by atoms with Gasteiger partial charge in [0.25, 0.3) is 0 Å². The van der Waals surface area contributed by atoms with Gasteiger partial charge in [-0.05, 0) is 19.3 Å². The molecule has 0 aromatic rings. The first-order chi connectivity index (χ1) is 5.34. The number of rotatable bonds is 0. The van der Waals surface area contributed by atoms with Gasteiger partial charge in [0.2, 0.25) is 0 Å². The summed E-state index contributed by atoms with van der Waals surface area (Å²) in [5, 5.41) is 0. The Labute approximate surface area is 65.8 Å². The van der Waals surface area contributed by atoms with Crippen LogP contribution in [0.3, 0.4) is 0 Å². The Bertz CT molecular complexity index is 183. The predicted octanol–water partition coefficient (Wildman–Crippen LogP) is 0.0324. The third-order valence-electron chi connectivity index (χ3n) is 3.12. The second kappa shape index (κ2) is 1.97. The van der Waals surface area contributed by atoms with E-state index in [0.29, 0.717) is 18.3 Å². The van der Waals surface area contributed by atoms with E-state index in [-0.39, 0.29) is 12.1 Å². The van der Waals surface area contributed by atoms with Crippen molar-refractivity contribution in [2.45, 2.75) is 49.7 Å². The molecule has 0 spiro atoms. The van der Waals surface area contributed by atoms with Gasteiger partial charge in [-0.25, -0.2) is 0 Å². The van der Waals surface area contributed by atoms with E-state index in [9.17, 15) is 0 Å². The normalized spacial score (nSPS) is 60.3. The summed E-state index contributed by atoms with van der Waals surface area (Å²) in [5.41, 5.74) is 5.90. The molecular formula is C8H13NO2. The van der Waals surface area contributed by atoms with Crippen LogP contribution in [-0.2, 0) is 9.47 Å². The van der Waals surface area contributed by atoms with Gasteiger partial charge in [-0.3, -0.25) is 0 Å². The van der Waals surface area contributed by atoms with Gasteiger partial charge < -0.3 is 15.2 Å². The average Bonchev–Trinajstić information content (AvgIpc) is 2.05. The van der Waals surface area contributed by atoms with Crippen LogP contribution in [0.25, 0.3) is 0 Å².